The average Bonchev–Trinajstić information content (AvgIpc) is 2.48. The summed E-state index contributed by atoms with van der Waals surface area (Å²) in [6, 6.07) is 10.3. The lowest BCUT2D eigenvalue weighted by Crippen LogP contribution is -2.08. The average molecular weight is 280 g/mol. The van der Waals surface area contributed by atoms with Crippen LogP contribution in [0.4, 0.5) is 4.39 Å². The van der Waals surface area contributed by atoms with Gasteiger partial charge in [0.25, 0.3) is 5.56 Å². The summed E-state index contributed by atoms with van der Waals surface area (Å²) in [6.45, 7) is 0. The first-order valence-corrected chi connectivity index (χ1v) is 6.14. The quantitative estimate of drug-likeness (QED) is 0.719. The number of hydrogen-bond donors (Lipinski definition) is 2. The molecule has 0 atom stereocenters. The molecule has 0 unspecified atom stereocenters. The Labute approximate surface area is 118 Å². The van der Waals surface area contributed by atoms with Crippen molar-refractivity contribution in [2.75, 3.05) is 0 Å². The van der Waals surface area contributed by atoms with Crippen LogP contribution >= 0.6 is 0 Å². The number of pyridine rings is 1. The molecule has 0 aliphatic carbocycles. The number of halogens is 1. The predicted molar refractivity (Wildman–Crippen MR) is 76.3 cm³/mol. The van der Waals surface area contributed by atoms with Crippen molar-refractivity contribution in [1.82, 2.24) is 4.98 Å². The summed E-state index contributed by atoms with van der Waals surface area (Å²) < 4.78 is 13.4. The fraction of sp³-hybridized carbons (Fsp3) is 0. The zero-order chi connectivity index (χ0) is 15.0. The van der Waals surface area contributed by atoms with Crippen molar-refractivity contribution in [3.63, 3.8) is 0 Å². The minimum Gasteiger partial charge on any atom is -0.508 e. The molecule has 3 aromatic rings. The Kier molecular flexibility index (Phi) is 2.92. The molecule has 5 heteroatoms. The van der Waals surface area contributed by atoms with Gasteiger partial charge in [-0.1, -0.05) is 6.07 Å². The van der Waals surface area contributed by atoms with Gasteiger partial charge in [0.1, 0.15) is 17.6 Å². The zero-order valence-corrected chi connectivity index (χ0v) is 10.7. The number of rotatable bonds is 1. The summed E-state index contributed by atoms with van der Waals surface area (Å²) in [7, 11) is 0. The Morgan fingerprint density at radius 1 is 1.19 bits per heavy atom. The highest BCUT2D eigenvalue weighted by Gasteiger charge is 2.12. The van der Waals surface area contributed by atoms with Crippen LogP contribution in [0.25, 0.3) is 21.9 Å². The summed E-state index contributed by atoms with van der Waals surface area (Å²) in [5, 5.41) is 19.8. The molecule has 0 saturated heterocycles. The number of benzene rings is 2. The normalized spacial score (nSPS) is 10.5. The minimum atomic E-state index is -0.638. The summed E-state index contributed by atoms with van der Waals surface area (Å²) in [6.07, 6.45) is 1.54. The van der Waals surface area contributed by atoms with Crippen molar-refractivity contribution in [1.29, 1.82) is 5.26 Å². The highest BCUT2D eigenvalue weighted by atomic mass is 19.1. The van der Waals surface area contributed by atoms with Gasteiger partial charge >= 0.3 is 0 Å². The van der Waals surface area contributed by atoms with Gasteiger partial charge in [0.2, 0.25) is 0 Å². The molecule has 0 bridgehead atoms. The maximum absolute atomic E-state index is 13.4. The van der Waals surface area contributed by atoms with E-state index in [-0.39, 0.29) is 16.9 Å². The molecule has 3 rings (SSSR count). The molecular formula is C16H9FN2O2. The number of hydrogen-bond acceptors (Lipinski definition) is 3. The third-order valence-corrected chi connectivity index (χ3v) is 3.27. The smallest absolute Gasteiger partial charge is 0.256 e. The number of H-pyrrole nitrogens is 1. The van der Waals surface area contributed by atoms with Gasteiger partial charge < -0.3 is 10.1 Å². The molecule has 0 fully saturated rings. The molecule has 0 saturated carbocycles. The van der Waals surface area contributed by atoms with Crippen molar-refractivity contribution in [3.05, 3.63) is 64.3 Å². The first-order chi connectivity index (χ1) is 10.1. The number of phenols is 1. The molecule has 102 valence electrons. The molecule has 0 spiro atoms. The highest BCUT2D eigenvalue weighted by Crippen LogP contribution is 2.28. The summed E-state index contributed by atoms with van der Waals surface area (Å²) >= 11 is 0. The molecule has 2 N–H and O–H groups in total. The van der Waals surface area contributed by atoms with Crippen LogP contribution < -0.4 is 5.56 Å². The topological polar surface area (TPSA) is 76.9 Å². The molecule has 0 aliphatic heterocycles. The zero-order valence-electron chi connectivity index (χ0n) is 10.7. The molecule has 1 heterocycles. The Morgan fingerprint density at radius 2 is 2.00 bits per heavy atom. The second-order valence-corrected chi connectivity index (χ2v) is 4.57. The molecule has 21 heavy (non-hydrogen) atoms. The lowest BCUT2D eigenvalue weighted by molar-refractivity contribution is 0.476. The fourth-order valence-electron chi connectivity index (χ4n) is 2.28. The minimum absolute atomic E-state index is 0.0250. The molecule has 4 nitrogen and oxygen atoms in total. The number of nitrogens with zero attached hydrogens (tertiary/aromatic N) is 1. The number of aromatic amines is 1. The molecule has 0 amide bonds. The summed E-state index contributed by atoms with van der Waals surface area (Å²) in [5.74, 6) is -0.613. The van der Waals surface area contributed by atoms with Crippen LogP contribution in [0, 0.1) is 17.1 Å². The maximum atomic E-state index is 13.4. The highest BCUT2D eigenvalue weighted by molar-refractivity contribution is 5.96. The van der Waals surface area contributed by atoms with Crippen LogP contribution in [0.3, 0.4) is 0 Å². The van der Waals surface area contributed by atoms with E-state index >= 15 is 0 Å². The Bertz CT molecular complexity index is 955. The van der Waals surface area contributed by atoms with E-state index in [0.29, 0.717) is 16.5 Å². The SMILES string of the molecule is N#Cc1cc(-c2c(=O)[nH]cc3ccc(O)cc23)ccc1F. The van der Waals surface area contributed by atoms with Gasteiger partial charge in [0.15, 0.2) is 0 Å². The van der Waals surface area contributed by atoms with Crippen LogP contribution in [-0.2, 0) is 0 Å². The molecule has 0 aliphatic rings. The van der Waals surface area contributed by atoms with Gasteiger partial charge in [-0.05, 0) is 41.3 Å². The van der Waals surface area contributed by atoms with Gasteiger partial charge in [0.05, 0.1) is 11.1 Å². The Hall–Kier alpha value is -3.13. The first-order valence-electron chi connectivity index (χ1n) is 6.14. The van der Waals surface area contributed by atoms with Crippen molar-refractivity contribution >= 4 is 10.8 Å². The maximum Gasteiger partial charge on any atom is 0.256 e. The summed E-state index contributed by atoms with van der Waals surface area (Å²) in [5.41, 5.74) is 0.206. The Balaban J connectivity index is 2.39. The van der Waals surface area contributed by atoms with E-state index in [1.807, 2.05) is 0 Å². The predicted octanol–water partition coefficient (Wildman–Crippen LogP) is 2.91. The van der Waals surface area contributed by atoms with Crippen LogP contribution in [-0.4, -0.2) is 10.1 Å². The monoisotopic (exact) mass is 280 g/mol. The van der Waals surface area contributed by atoms with Gasteiger partial charge in [-0.3, -0.25) is 4.79 Å². The first kappa shape index (κ1) is 12.9. The number of phenolic OH excluding ortho intramolecular Hbond substituents is 1. The number of nitrogens with one attached hydrogen (secondary N) is 1. The fourth-order valence-corrected chi connectivity index (χ4v) is 2.28. The third kappa shape index (κ3) is 2.13. The van der Waals surface area contributed by atoms with Gasteiger partial charge in [-0.2, -0.15) is 5.26 Å². The lowest BCUT2D eigenvalue weighted by atomic mass is 9.99. The van der Waals surface area contributed by atoms with Gasteiger partial charge in [-0.15, -0.1) is 0 Å². The van der Waals surface area contributed by atoms with E-state index in [0.717, 1.165) is 11.5 Å². The van der Waals surface area contributed by atoms with Crippen LogP contribution in [0.15, 0.2) is 47.4 Å². The van der Waals surface area contributed by atoms with E-state index in [2.05, 4.69) is 4.98 Å². The van der Waals surface area contributed by atoms with E-state index in [1.54, 1.807) is 12.1 Å². The molecular weight excluding hydrogens is 271 g/mol. The van der Waals surface area contributed by atoms with E-state index in [4.69, 9.17) is 5.26 Å². The number of aromatic nitrogens is 1. The third-order valence-electron chi connectivity index (χ3n) is 3.27. The van der Waals surface area contributed by atoms with Gasteiger partial charge in [0, 0.05) is 11.6 Å². The van der Waals surface area contributed by atoms with E-state index < -0.39 is 5.82 Å². The van der Waals surface area contributed by atoms with Crippen LogP contribution in [0.2, 0.25) is 0 Å². The van der Waals surface area contributed by atoms with Gasteiger partial charge in [-0.25, -0.2) is 4.39 Å². The number of nitriles is 1. The Morgan fingerprint density at radius 3 is 2.76 bits per heavy atom. The number of fused-ring (bicyclic) bond motifs is 1. The molecule has 1 aromatic heterocycles. The van der Waals surface area contributed by atoms with Crippen LogP contribution in [0.1, 0.15) is 5.56 Å². The van der Waals surface area contributed by atoms with Crippen LogP contribution in [0.5, 0.6) is 5.75 Å². The van der Waals surface area contributed by atoms with E-state index in [1.165, 1.54) is 30.5 Å². The second-order valence-electron chi connectivity index (χ2n) is 4.57. The second kappa shape index (κ2) is 4.76. The van der Waals surface area contributed by atoms with E-state index in [9.17, 15) is 14.3 Å². The van der Waals surface area contributed by atoms with Crippen molar-refractivity contribution < 1.29 is 9.50 Å². The van der Waals surface area contributed by atoms with Crippen molar-refractivity contribution in [3.8, 4) is 22.9 Å². The standard InChI is InChI=1S/C16H9FN2O2/c17-14-4-2-9(5-11(14)7-18)15-13-6-12(20)3-1-10(13)8-19-16(15)21/h1-6,8,20H,(H,19,21). The van der Waals surface area contributed by atoms with Crippen molar-refractivity contribution in [2.45, 2.75) is 0 Å². The molecule has 0 radical (unpaired) electrons. The molecule has 2 aromatic carbocycles. The largest absolute Gasteiger partial charge is 0.508 e. The lowest BCUT2D eigenvalue weighted by Gasteiger charge is -2.07. The van der Waals surface area contributed by atoms with Crippen molar-refractivity contribution in [2.24, 2.45) is 0 Å². The summed E-state index contributed by atoms with van der Waals surface area (Å²) in [4.78, 5) is 14.7. The number of aromatic hydroxyl groups is 1.